The average molecular weight is 333 g/mol. The maximum atomic E-state index is 12.8. The van der Waals surface area contributed by atoms with Crippen molar-refractivity contribution in [3.63, 3.8) is 0 Å². The Hall–Kier alpha value is -2.28. The molecule has 2 aliphatic rings. The van der Waals surface area contributed by atoms with Gasteiger partial charge in [0.1, 0.15) is 6.04 Å². The molecule has 0 spiro atoms. The SMILES string of the molecule is CNC(C)CNC(=O)C1CCCN1C(=O)c1ccc2c(c1)OCO2. The van der Waals surface area contributed by atoms with E-state index in [0.717, 1.165) is 6.42 Å². The first kappa shape index (κ1) is 16.6. The number of hydrogen-bond donors (Lipinski definition) is 2. The van der Waals surface area contributed by atoms with Gasteiger partial charge in [0.05, 0.1) is 0 Å². The first-order chi connectivity index (χ1) is 11.6. The number of carbonyl (C=O) groups excluding carboxylic acids is 2. The largest absolute Gasteiger partial charge is 0.454 e. The van der Waals surface area contributed by atoms with Gasteiger partial charge >= 0.3 is 0 Å². The highest BCUT2D eigenvalue weighted by Gasteiger charge is 2.35. The van der Waals surface area contributed by atoms with Gasteiger partial charge in [-0.05, 0) is 45.0 Å². The Morgan fingerprint density at radius 2 is 2.12 bits per heavy atom. The molecular weight excluding hydrogens is 310 g/mol. The molecule has 2 N–H and O–H groups in total. The monoisotopic (exact) mass is 333 g/mol. The Bertz CT molecular complexity index is 634. The number of amides is 2. The van der Waals surface area contributed by atoms with E-state index in [1.165, 1.54) is 0 Å². The van der Waals surface area contributed by atoms with Gasteiger partial charge in [-0.3, -0.25) is 9.59 Å². The third-order valence-corrected chi connectivity index (χ3v) is 4.51. The van der Waals surface area contributed by atoms with Crippen LogP contribution in [0, 0.1) is 0 Å². The lowest BCUT2D eigenvalue weighted by Gasteiger charge is -2.24. The number of likely N-dealkylation sites (N-methyl/N-ethyl adjacent to an activating group) is 1. The topological polar surface area (TPSA) is 79.9 Å². The Balaban J connectivity index is 1.68. The normalized spacial score (nSPS) is 20.1. The van der Waals surface area contributed by atoms with E-state index in [1.807, 2.05) is 14.0 Å². The number of fused-ring (bicyclic) bond motifs is 1. The second-order valence-electron chi connectivity index (χ2n) is 6.16. The van der Waals surface area contributed by atoms with Crippen molar-refractivity contribution in [2.24, 2.45) is 0 Å². The molecule has 130 valence electrons. The fourth-order valence-corrected chi connectivity index (χ4v) is 2.95. The Morgan fingerprint density at radius 1 is 1.33 bits per heavy atom. The van der Waals surface area contributed by atoms with Gasteiger partial charge in [0.15, 0.2) is 11.5 Å². The van der Waals surface area contributed by atoms with Crippen LogP contribution in [-0.2, 0) is 4.79 Å². The summed E-state index contributed by atoms with van der Waals surface area (Å²) in [6, 6.07) is 4.91. The van der Waals surface area contributed by atoms with Crippen molar-refractivity contribution in [1.82, 2.24) is 15.5 Å². The molecule has 7 nitrogen and oxygen atoms in total. The van der Waals surface area contributed by atoms with Crippen LogP contribution >= 0.6 is 0 Å². The van der Waals surface area contributed by atoms with E-state index in [1.54, 1.807) is 23.1 Å². The molecule has 1 fully saturated rings. The molecule has 1 saturated heterocycles. The predicted molar refractivity (Wildman–Crippen MR) is 88.2 cm³/mol. The highest BCUT2D eigenvalue weighted by molar-refractivity contribution is 5.98. The molecule has 0 saturated carbocycles. The van der Waals surface area contributed by atoms with Crippen molar-refractivity contribution < 1.29 is 19.1 Å². The third kappa shape index (κ3) is 3.31. The van der Waals surface area contributed by atoms with Crippen molar-refractivity contribution in [2.75, 3.05) is 26.9 Å². The van der Waals surface area contributed by atoms with Gasteiger partial charge in [0.2, 0.25) is 12.7 Å². The summed E-state index contributed by atoms with van der Waals surface area (Å²) in [5.74, 6) is 0.975. The molecular formula is C17H23N3O4. The van der Waals surface area contributed by atoms with Crippen LogP contribution in [0.3, 0.4) is 0 Å². The number of nitrogens with one attached hydrogen (secondary N) is 2. The molecule has 24 heavy (non-hydrogen) atoms. The summed E-state index contributed by atoms with van der Waals surface area (Å²) >= 11 is 0. The summed E-state index contributed by atoms with van der Waals surface area (Å²) in [7, 11) is 1.85. The van der Waals surface area contributed by atoms with Gasteiger partial charge in [-0.1, -0.05) is 0 Å². The number of carbonyl (C=O) groups is 2. The summed E-state index contributed by atoms with van der Waals surface area (Å²) in [5.41, 5.74) is 0.516. The molecule has 2 aliphatic heterocycles. The van der Waals surface area contributed by atoms with Gasteiger partial charge in [-0.25, -0.2) is 0 Å². The summed E-state index contributed by atoms with van der Waals surface area (Å²) in [6.45, 7) is 3.29. The number of nitrogens with zero attached hydrogens (tertiary/aromatic N) is 1. The fourth-order valence-electron chi connectivity index (χ4n) is 2.95. The second kappa shape index (κ2) is 7.09. The number of likely N-dealkylation sites (tertiary alicyclic amines) is 1. The Morgan fingerprint density at radius 3 is 2.92 bits per heavy atom. The quantitative estimate of drug-likeness (QED) is 0.831. The lowest BCUT2D eigenvalue weighted by atomic mass is 10.1. The van der Waals surface area contributed by atoms with Crippen LogP contribution in [0.2, 0.25) is 0 Å². The predicted octanol–water partition coefficient (Wildman–Crippen LogP) is 0.744. The standard InChI is InChI=1S/C17H23N3O4/c1-11(18-2)9-19-16(21)13-4-3-7-20(13)17(22)12-5-6-14-15(8-12)24-10-23-14/h5-6,8,11,13,18H,3-4,7,9-10H2,1-2H3,(H,19,21). The summed E-state index contributed by atoms with van der Waals surface area (Å²) in [6.07, 6.45) is 1.52. The zero-order valence-corrected chi connectivity index (χ0v) is 14.0. The lowest BCUT2D eigenvalue weighted by Crippen LogP contribution is -2.48. The molecule has 2 amide bonds. The zero-order chi connectivity index (χ0) is 17.1. The zero-order valence-electron chi connectivity index (χ0n) is 14.0. The van der Waals surface area contributed by atoms with Crippen molar-refractivity contribution in [1.29, 1.82) is 0 Å². The second-order valence-corrected chi connectivity index (χ2v) is 6.16. The van der Waals surface area contributed by atoms with Crippen LogP contribution in [-0.4, -0.2) is 55.7 Å². The van der Waals surface area contributed by atoms with Crippen LogP contribution in [0.4, 0.5) is 0 Å². The minimum Gasteiger partial charge on any atom is -0.454 e. The number of rotatable bonds is 5. The van der Waals surface area contributed by atoms with Crippen LogP contribution < -0.4 is 20.1 Å². The van der Waals surface area contributed by atoms with Gasteiger partial charge in [0.25, 0.3) is 5.91 Å². The maximum Gasteiger partial charge on any atom is 0.254 e. The van der Waals surface area contributed by atoms with E-state index in [2.05, 4.69) is 10.6 Å². The minimum atomic E-state index is -0.410. The van der Waals surface area contributed by atoms with Crippen molar-refractivity contribution in [2.45, 2.75) is 31.8 Å². The van der Waals surface area contributed by atoms with E-state index in [9.17, 15) is 9.59 Å². The fraction of sp³-hybridized carbons (Fsp3) is 0.529. The van der Waals surface area contributed by atoms with Crippen molar-refractivity contribution >= 4 is 11.8 Å². The Kier molecular flexibility index (Phi) is 4.89. The van der Waals surface area contributed by atoms with Crippen LogP contribution in [0.15, 0.2) is 18.2 Å². The summed E-state index contributed by atoms with van der Waals surface area (Å²) < 4.78 is 10.6. The highest BCUT2D eigenvalue weighted by Crippen LogP contribution is 2.33. The molecule has 7 heteroatoms. The van der Waals surface area contributed by atoms with Gasteiger partial charge in [-0.2, -0.15) is 0 Å². The molecule has 0 aromatic heterocycles. The summed E-state index contributed by atoms with van der Waals surface area (Å²) in [4.78, 5) is 26.9. The number of benzene rings is 1. The number of hydrogen-bond acceptors (Lipinski definition) is 5. The van der Waals surface area contributed by atoms with E-state index >= 15 is 0 Å². The summed E-state index contributed by atoms with van der Waals surface area (Å²) in [5, 5.41) is 5.99. The van der Waals surface area contributed by atoms with Gasteiger partial charge < -0.3 is 25.0 Å². The highest BCUT2D eigenvalue weighted by atomic mass is 16.7. The van der Waals surface area contributed by atoms with Crippen LogP contribution in [0.1, 0.15) is 30.1 Å². The molecule has 0 bridgehead atoms. The van der Waals surface area contributed by atoms with Gasteiger partial charge in [0, 0.05) is 24.7 Å². The number of ether oxygens (including phenoxy) is 2. The van der Waals surface area contributed by atoms with E-state index in [-0.39, 0.29) is 24.6 Å². The van der Waals surface area contributed by atoms with E-state index < -0.39 is 6.04 Å². The van der Waals surface area contributed by atoms with Crippen molar-refractivity contribution in [3.8, 4) is 11.5 Å². The molecule has 1 aromatic carbocycles. The van der Waals surface area contributed by atoms with E-state index in [4.69, 9.17) is 9.47 Å². The maximum absolute atomic E-state index is 12.8. The smallest absolute Gasteiger partial charge is 0.254 e. The molecule has 0 aliphatic carbocycles. The first-order valence-corrected chi connectivity index (χ1v) is 8.25. The molecule has 0 radical (unpaired) electrons. The molecule has 2 heterocycles. The van der Waals surface area contributed by atoms with Crippen LogP contribution in [0.25, 0.3) is 0 Å². The Labute approximate surface area is 141 Å². The molecule has 2 unspecified atom stereocenters. The average Bonchev–Trinajstić information content (AvgIpc) is 3.26. The third-order valence-electron chi connectivity index (χ3n) is 4.51. The lowest BCUT2D eigenvalue weighted by molar-refractivity contribution is -0.124. The van der Waals surface area contributed by atoms with Gasteiger partial charge in [-0.15, -0.1) is 0 Å². The minimum absolute atomic E-state index is 0.0938. The molecule has 3 rings (SSSR count). The first-order valence-electron chi connectivity index (χ1n) is 8.25. The van der Waals surface area contributed by atoms with E-state index in [0.29, 0.717) is 36.6 Å². The molecule has 2 atom stereocenters. The van der Waals surface area contributed by atoms with Crippen LogP contribution in [0.5, 0.6) is 11.5 Å². The molecule has 1 aromatic rings. The van der Waals surface area contributed by atoms with Crippen molar-refractivity contribution in [3.05, 3.63) is 23.8 Å².